The van der Waals surface area contributed by atoms with E-state index in [1.807, 2.05) is 25.9 Å². The molecule has 1 aliphatic rings. The molecule has 0 fully saturated rings. The van der Waals surface area contributed by atoms with Crippen LogP contribution in [-0.2, 0) is 4.79 Å². The lowest BCUT2D eigenvalue weighted by molar-refractivity contribution is -0.123. The minimum atomic E-state index is -0.420. The van der Waals surface area contributed by atoms with Gasteiger partial charge in [0, 0.05) is 31.1 Å². The molecule has 1 N–H and O–H groups in total. The van der Waals surface area contributed by atoms with Crippen molar-refractivity contribution in [2.45, 2.75) is 19.9 Å². The SMILES string of the molecule is CC(C)C(=O)NC1=CN(c2cncc(F)c2)N(C)C1CCl. The molecule has 0 saturated carbocycles. The summed E-state index contributed by atoms with van der Waals surface area (Å²) in [7, 11) is 1.82. The Morgan fingerprint density at radius 3 is 2.81 bits per heavy atom. The first-order chi connectivity index (χ1) is 9.93. The van der Waals surface area contributed by atoms with E-state index in [0.717, 1.165) is 6.20 Å². The number of hydrogen-bond acceptors (Lipinski definition) is 4. The molecule has 1 aliphatic heterocycles. The summed E-state index contributed by atoms with van der Waals surface area (Å²) in [6, 6.07) is 1.19. The van der Waals surface area contributed by atoms with E-state index in [1.54, 1.807) is 17.4 Å². The number of nitrogens with zero attached hydrogens (tertiary/aromatic N) is 3. The van der Waals surface area contributed by atoms with Crippen molar-refractivity contribution in [3.63, 3.8) is 0 Å². The van der Waals surface area contributed by atoms with Gasteiger partial charge in [-0.2, -0.15) is 0 Å². The normalized spacial score (nSPS) is 19.0. The average molecular weight is 313 g/mol. The Morgan fingerprint density at radius 1 is 1.52 bits per heavy atom. The van der Waals surface area contributed by atoms with Gasteiger partial charge in [0.1, 0.15) is 5.82 Å². The van der Waals surface area contributed by atoms with Crippen LogP contribution in [-0.4, -0.2) is 34.9 Å². The van der Waals surface area contributed by atoms with Crippen molar-refractivity contribution >= 4 is 23.2 Å². The van der Waals surface area contributed by atoms with Crippen molar-refractivity contribution in [3.8, 4) is 0 Å². The molecule has 7 heteroatoms. The molecular formula is C14H18ClFN4O. The molecule has 0 saturated heterocycles. The predicted octanol–water partition coefficient (Wildman–Crippen LogP) is 2.11. The number of aromatic nitrogens is 1. The smallest absolute Gasteiger partial charge is 0.226 e. The van der Waals surface area contributed by atoms with Crippen molar-refractivity contribution < 1.29 is 9.18 Å². The van der Waals surface area contributed by atoms with Crippen LogP contribution in [0.25, 0.3) is 0 Å². The first kappa shape index (κ1) is 15.7. The number of carbonyl (C=O) groups excluding carboxylic acids is 1. The Hall–Kier alpha value is -1.66. The minimum Gasteiger partial charge on any atom is -0.326 e. The molecule has 5 nitrogen and oxygen atoms in total. The average Bonchev–Trinajstić information content (AvgIpc) is 2.74. The molecule has 2 rings (SSSR count). The van der Waals surface area contributed by atoms with Gasteiger partial charge in [0.15, 0.2) is 0 Å². The third-order valence-corrected chi connectivity index (χ3v) is 3.60. The molecule has 1 amide bonds. The summed E-state index contributed by atoms with van der Waals surface area (Å²) >= 11 is 5.99. The fourth-order valence-electron chi connectivity index (χ4n) is 2.03. The highest BCUT2D eigenvalue weighted by Gasteiger charge is 2.32. The molecule has 21 heavy (non-hydrogen) atoms. The summed E-state index contributed by atoms with van der Waals surface area (Å²) in [5.74, 6) is -0.322. The van der Waals surface area contributed by atoms with Crippen molar-refractivity contribution in [3.05, 3.63) is 36.2 Å². The Labute approximate surface area is 128 Å². The molecule has 0 bridgehead atoms. The first-order valence-electron chi connectivity index (χ1n) is 6.65. The number of nitrogens with one attached hydrogen (secondary N) is 1. The second-order valence-corrected chi connectivity index (χ2v) is 5.49. The zero-order valence-corrected chi connectivity index (χ0v) is 12.9. The third kappa shape index (κ3) is 3.33. The number of rotatable bonds is 4. The molecule has 0 aliphatic carbocycles. The van der Waals surface area contributed by atoms with E-state index in [1.165, 1.54) is 6.07 Å². The van der Waals surface area contributed by atoms with Gasteiger partial charge in [0.25, 0.3) is 0 Å². The van der Waals surface area contributed by atoms with Crippen LogP contribution in [0.4, 0.5) is 10.1 Å². The van der Waals surface area contributed by atoms with Crippen molar-refractivity contribution in [2.24, 2.45) is 5.92 Å². The molecule has 1 aromatic heterocycles. The highest BCUT2D eigenvalue weighted by atomic mass is 35.5. The standard InChI is InChI=1S/C14H18ClFN4O/c1-9(2)14(21)18-12-8-20(19(3)13(12)5-15)11-4-10(16)6-17-7-11/h4,6-9,13H,5H2,1-3H3,(H,18,21). The van der Waals surface area contributed by atoms with Crippen LogP contribution in [0.5, 0.6) is 0 Å². The van der Waals surface area contributed by atoms with Gasteiger partial charge in [-0.05, 0) is 0 Å². The summed E-state index contributed by atoms with van der Waals surface area (Å²) in [5, 5.41) is 6.42. The lowest BCUT2D eigenvalue weighted by Crippen LogP contribution is -2.42. The largest absolute Gasteiger partial charge is 0.326 e. The molecule has 114 valence electrons. The third-order valence-electron chi connectivity index (χ3n) is 3.30. The number of pyridine rings is 1. The maximum absolute atomic E-state index is 13.3. The quantitative estimate of drug-likeness (QED) is 0.865. The van der Waals surface area contributed by atoms with Gasteiger partial charge in [-0.1, -0.05) is 13.8 Å². The Bertz CT molecular complexity index is 564. The molecule has 1 unspecified atom stereocenters. The number of hydrazine groups is 1. The van der Waals surface area contributed by atoms with Crippen LogP contribution in [0.3, 0.4) is 0 Å². The van der Waals surface area contributed by atoms with Crippen LogP contribution >= 0.6 is 11.6 Å². The second-order valence-electron chi connectivity index (χ2n) is 5.18. The Morgan fingerprint density at radius 2 is 2.24 bits per heavy atom. The Balaban J connectivity index is 2.27. The number of carbonyl (C=O) groups is 1. The van der Waals surface area contributed by atoms with E-state index in [4.69, 9.17) is 11.6 Å². The van der Waals surface area contributed by atoms with E-state index in [-0.39, 0.29) is 17.9 Å². The van der Waals surface area contributed by atoms with Crippen molar-refractivity contribution in [1.29, 1.82) is 0 Å². The molecule has 1 atom stereocenters. The van der Waals surface area contributed by atoms with E-state index in [2.05, 4.69) is 10.3 Å². The van der Waals surface area contributed by atoms with E-state index in [9.17, 15) is 9.18 Å². The lowest BCUT2D eigenvalue weighted by Gasteiger charge is -2.29. The van der Waals surface area contributed by atoms with Crippen molar-refractivity contribution in [1.82, 2.24) is 15.3 Å². The van der Waals surface area contributed by atoms with Gasteiger partial charge in [0.2, 0.25) is 5.91 Å². The van der Waals surface area contributed by atoms with Crippen LogP contribution in [0, 0.1) is 11.7 Å². The zero-order valence-electron chi connectivity index (χ0n) is 12.2. The summed E-state index contributed by atoms with van der Waals surface area (Å²) in [4.78, 5) is 15.7. The van der Waals surface area contributed by atoms with Gasteiger partial charge in [-0.15, -0.1) is 11.6 Å². The molecule has 2 heterocycles. The van der Waals surface area contributed by atoms with Crippen molar-refractivity contribution in [2.75, 3.05) is 17.9 Å². The highest BCUT2D eigenvalue weighted by Crippen LogP contribution is 2.27. The maximum Gasteiger partial charge on any atom is 0.226 e. The number of alkyl halides is 1. The molecule has 0 spiro atoms. The van der Waals surface area contributed by atoms with Crippen LogP contribution in [0.15, 0.2) is 30.4 Å². The fraction of sp³-hybridized carbons (Fsp3) is 0.429. The number of halogens is 2. The number of anilines is 1. The van der Waals surface area contributed by atoms with E-state index in [0.29, 0.717) is 17.3 Å². The van der Waals surface area contributed by atoms with Gasteiger partial charge < -0.3 is 5.32 Å². The minimum absolute atomic E-state index is 0.0796. The van der Waals surface area contributed by atoms with Gasteiger partial charge in [-0.3, -0.25) is 14.8 Å². The van der Waals surface area contributed by atoms with Crippen LogP contribution in [0.2, 0.25) is 0 Å². The van der Waals surface area contributed by atoms with E-state index < -0.39 is 5.82 Å². The monoisotopic (exact) mass is 312 g/mol. The van der Waals surface area contributed by atoms with E-state index >= 15 is 0 Å². The zero-order chi connectivity index (χ0) is 15.6. The second kappa shape index (κ2) is 6.41. The molecular weight excluding hydrogens is 295 g/mol. The summed E-state index contributed by atoms with van der Waals surface area (Å²) in [6.07, 6.45) is 4.43. The molecule has 1 aromatic rings. The first-order valence-corrected chi connectivity index (χ1v) is 7.18. The fourth-order valence-corrected chi connectivity index (χ4v) is 2.39. The highest BCUT2D eigenvalue weighted by molar-refractivity contribution is 6.18. The Kier molecular flexibility index (Phi) is 4.80. The number of amides is 1. The maximum atomic E-state index is 13.3. The lowest BCUT2D eigenvalue weighted by atomic mass is 10.2. The predicted molar refractivity (Wildman–Crippen MR) is 80.0 cm³/mol. The summed E-state index contributed by atoms with van der Waals surface area (Å²) in [5.41, 5.74) is 1.26. The van der Waals surface area contributed by atoms with Gasteiger partial charge in [0.05, 0.1) is 29.8 Å². The number of hydrogen-bond donors (Lipinski definition) is 1. The van der Waals surface area contributed by atoms with Gasteiger partial charge >= 0.3 is 0 Å². The summed E-state index contributed by atoms with van der Waals surface area (Å²) in [6.45, 7) is 3.64. The van der Waals surface area contributed by atoms with Gasteiger partial charge in [-0.25, -0.2) is 9.40 Å². The topological polar surface area (TPSA) is 48.5 Å². The molecule has 0 radical (unpaired) electrons. The molecule has 0 aromatic carbocycles. The number of likely N-dealkylation sites (N-methyl/N-ethyl adjacent to an activating group) is 1. The van der Waals surface area contributed by atoms with Crippen LogP contribution in [0.1, 0.15) is 13.8 Å². The van der Waals surface area contributed by atoms with Crippen LogP contribution < -0.4 is 10.3 Å². The summed E-state index contributed by atoms with van der Waals surface area (Å²) < 4.78 is 13.3.